The highest BCUT2D eigenvalue weighted by atomic mass is 32.1. The Morgan fingerprint density at radius 2 is 1.70 bits per heavy atom. The average Bonchev–Trinajstić information content (AvgIpc) is 3.36. The Hall–Kier alpha value is -3.23. The van der Waals surface area contributed by atoms with Crippen LogP contribution in [-0.2, 0) is 19.5 Å². The Bertz CT molecular complexity index is 1150. The zero-order chi connectivity index (χ0) is 23.2. The van der Waals surface area contributed by atoms with Gasteiger partial charge in [0.05, 0.1) is 0 Å². The molecule has 1 N–H and O–H groups in total. The van der Waals surface area contributed by atoms with Crippen molar-refractivity contribution in [1.82, 2.24) is 19.7 Å². The van der Waals surface area contributed by atoms with E-state index < -0.39 is 11.3 Å². The van der Waals surface area contributed by atoms with Gasteiger partial charge in [-0.1, -0.05) is 36.4 Å². The van der Waals surface area contributed by atoms with E-state index in [0.717, 1.165) is 31.6 Å². The molecule has 2 aromatic heterocycles. The van der Waals surface area contributed by atoms with E-state index in [0.29, 0.717) is 19.6 Å². The number of amides is 2. The Labute approximate surface area is 197 Å². The normalized spacial score (nSPS) is 14.3. The second-order valence-electron chi connectivity index (χ2n) is 8.11. The number of aromatic nitrogens is 1. The van der Waals surface area contributed by atoms with Gasteiger partial charge in [-0.25, -0.2) is 0 Å². The van der Waals surface area contributed by atoms with Crippen molar-refractivity contribution in [3.63, 3.8) is 0 Å². The molecule has 8 heteroatoms. The molecule has 1 fully saturated rings. The summed E-state index contributed by atoms with van der Waals surface area (Å²) in [7, 11) is 1.48. The van der Waals surface area contributed by atoms with Gasteiger partial charge in [0.1, 0.15) is 11.1 Å². The summed E-state index contributed by atoms with van der Waals surface area (Å²) < 4.78 is 1.78. The lowest BCUT2D eigenvalue weighted by Gasteiger charge is -2.34. The number of nitrogens with zero attached hydrogens (tertiary/aromatic N) is 3. The molecule has 0 unspecified atom stereocenters. The molecule has 0 saturated carbocycles. The van der Waals surface area contributed by atoms with Crippen LogP contribution >= 0.6 is 11.3 Å². The third-order valence-electron chi connectivity index (χ3n) is 5.90. The first-order valence-electron chi connectivity index (χ1n) is 11.1. The molecule has 0 bridgehead atoms. The number of carbonyl (C=O) groups is 2. The lowest BCUT2D eigenvalue weighted by Crippen LogP contribution is -2.49. The molecule has 1 aliphatic rings. The Morgan fingerprint density at radius 3 is 2.36 bits per heavy atom. The standard InChI is InChI=1S/C25H28N4O3S/c1-26-24(31)21-17-28(10-9-19-6-3-2-4-7-19)18-22(23(21)30)25(32)29-13-11-27(12-14-29)16-20-8-5-15-33-20/h2-8,15,17-18H,9-14,16H2,1H3,(H,26,31). The molecule has 1 aromatic carbocycles. The minimum Gasteiger partial charge on any atom is -0.355 e. The van der Waals surface area contributed by atoms with E-state index in [2.05, 4.69) is 21.7 Å². The molecule has 0 aliphatic carbocycles. The number of nitrogens with one attached hydrogen (secondary N) is 1. The first-order chi connectivity index (χ1) is 16.0. The molecule has 1 saturated heterocycles. The fraction of sp³-hybridized carbons (Fsp3) is 0.320. The van der Waals surface area contributed by atoms with E-state index in [1.165, 1.54) is 11.9 Å². The van der Waals surface area contributed by atoms with Crippen LogP contribution in [0, 0.1) is 0 Å². The van der Waals surface area contributed by atoms with Crippen molar-refractivity contribution in [2.24, 2.45) is 0 Å². The van der Waals surface area contributed by atoms with Gasteiger partial charge >= 0.3 is 0 Å². The number of benzene rings is 1. The maximum absolute atomic E-state index is 13.3. The van der Waals surface area contributed by atoms with Crippen molar-refractivity contribution < 1.29 is 9.59 Å². The second-order valence-corrected chi connectivity index (χ2v) is 9.15. The lowest BCUT2D eigenvalue weighted by atomic mass is 10.1. The highest BCUT2D eigenvalue weighted by molar-refractivity contribution is 7.09. The Balaban J connectivity index is 1.50. The van der Waals surface area contributed by atoms with Crippen LogP contribution in [0.4, 0.5) is 0 Å². The van der Waals surface area contributed by atoms with Gasteiger partial charge in [0, 0.05) is 63.6 Å². The summed E-state index contributed by atoms with van der Waals surface area (Å²) in [4.78, 5) is 44.0. The van der Waals surface area contributed by atoms with Crippen molar-refractivity contribution in [3.05, 3.63) is 92.0 Å². The number of hydrogen-bond donors (Lipinski definition) is 1. The summed E-state index contributed by atoms with van der Waals surface area (Å²) in [6.45, 7) is 4.04. The molecule has 33 heavy (non-hydrogen) atoms. The first-order valence-corrected chi connectivity index (χ1v) is 12.0. The molecular formula is C25H28N4O3S. The van der Waals surface area contributed by atoms with Crippen molar-refractivity contribution >= 4 is 23.2 Å². The van der Waals surface area contributed by atoms with Crippen LogP contribution in [-0.4, -0.2) is 59.4 Å². The Morgan fingerprint density at radius 1 is 0.970 bits per heavy atom. The zero-order valence-corrected chi connectivity index (χ0v) is 19.5. The fourth-order valence-corrected chi connectivity index (χ4v) is 4.76. The van der Waals surface area contributed by atoms with E-state index in [9.17, 15) is 14.4 Å². The summed E-state index contributed by atoms with van der Waals surface area (Å²) in [6.07, 6.45) is 3.86. The third kappa shape index (κ3) is 5.58. The molecule has 0 radical (unpaired) electrons. The minimum atomic E-state index is -0.517. The average molecular weight is 465 g/mol. The van der Waals surface area contributed by atoms with Crippen molar-refractivity contribution in [2.75, 3.05) is 33.2 Å². The second kappa shape index (κ2) is 10.6. The molecule has 0 atom stereocenters. The number of aryl methyl sites for hydroxylation is 2. The van der Waals surface area contributed by atoms with Crippen LogP contribution in [0.5, 0.6) is 0 Å². The maximum Gasteiger partial charge on any atom is 0.259 e. The largest absolute Gasteiger partial charge is 0.355 e. The van der Waals surface area contributed by atoms with Crippen molar-refractivity contribution in [2.45, 2.75) is 19.5 Å². The van der Waals surface area contributed by atoms with Crippen LogP contribution in [0.2, 0.25) is 0 Å². The van der Waals surface area contributed by atoms with Gasteiger partial charge < -0.3 is 14.8 Å². The van der Waals surface area contributed by atoms with Gasteiger partial charge in [0.15, 0.2) is 0 Å². The molecule has 2 amide bonds. The zero-order valence-electron chi connectivity index (χ0n) is 18.7. The van der Waals surface area contributed by atoms with Crippen LogP contribution in [0.1, 0.15) is 31.2 Å². The van der Waals surface area contributed by atoms with E-state index in [-0.39, 0.29) is 17.0 Å². The van der Waals surface area contributed by atoms with Crippen LogP contribution in [0.3, 0.4) is 0 Å². The summed E-state index contributed by atoms with van der Waals surface area (Å²) in [5, 5.41) is 4.58. The number of thiophene rings is 1. The first kappa shape index (κ1) is 22.9. The van der Waals surface area contributed by atoms with Crippen molar-refractivity contribution in [1.29, 1.82) is 0 Å². The predicted octanol–water partition coefficient (Wildman–Crippen LogP) is 2.47. The summed E-state index contributed by atoms with van der Waals surface area (Å²) in [5.41, 5.74) is 0.673. The monoisotopic (exact) mass is 464 g/mol. The van der Waals surface area contributed by atoms with Gasteiger partial charge in [-0.2, -0.15) is 0 Å². The van der Waals surface area contributed by atoms with E-state index in [1.54, 1.807) is 33.2 Å². The number of rotatable bonds is 7. The molecule has 7 nitrogen and oxygen atoms in total. The quantitative estimate of drug-likeness (QED) is 0.583. The maximum atomic E-state index is 13.3. The van der Waals surface area contributed by atoms with Crippen molar-refractivity contribution in [3.8, 4) is 0 Å². The predicted molar refractivity (Wildman–Crippen MR) is 130 cm³/mol. The lowest BCUT2D eigenvalue weighted by molar-refractivity contribution is 0.0627. The number of pyridine rings is 1. The molecule has 3 heterocycles. The van der Waals surface area contributed by atoms with Gasteiger partial charge in [0.2, 0.25) is 5.43 Å². The SMILES string of the molecule is CNC(=O)c1cn(CCc2ccccc2)cc(C(=O)N2CCN(Cc3cccs3)CC2)c1=O. The molecule has 172 valence electrons. The molecule has 1 aliphatic heterocycles. The molecular weight excluding hydrogens is 436 g/mol. The molecule has 0 spiro atoms. The Kier molecular flexibility index (Phi) is 7.36. The van der Waals surface area contributed by atoms with Gasteiger partial charge in [0.25, 0.3) is 11.8 Å². The number of piperazine rings is 1. The topological polar surface area (TPSA) is 74.7 Å². The van der Waals surface area contributed by atoms with Gasteiger partial charge in [-0.3, -0.25) is 19.3 Å². The summed E-state index contributed by atoms with van der Waals surface area (Å²) in [6, 6.07) is 14.1. The highest BCUT2D eigenvalue weighted by Gasteiger charge is 2.26. The molecule has 4 rings (SSSR count). The highest BCUT2D eigenvalue weighted by Crippen LogP contribution is 2.15. The third-order valence-corrected chi connectivity index (χ3v) is 6.76. The van der Waals surface area contributed by atoms with Crippen LogP contribution < -0.4 is 10.7 Å². The summed E-state index contributed by atoms with van der Waals surface area (Å²) >= 11 is 1.73. The summed E-state index contributed by atoms with van der Waals surface area (Å²) in [5.74, 6) is -0.793. The fourth-order valence-electron chi connectivity index (χ4n) is 4.01. The van der Waals surface area contributed by atoms with E-state index >= 15 is 0 Å². The minimum absolute atomic E-state index is 0.00672. The molecule has 3 aromatic rings. The smallest absolute Gasteiger partial charge is 0.259 e. The van der Waals surface area contributed by atoms with Gasteiger partial charge in [-0.05, 0) is 23.4 Å². The van der Waals surface area contributed by atoms with Gasteiger partial charge in [-0.15, -0.1) is 11.3 Å². The number of carbonyl (C=O) groups excluding carboxylic acids is 2. The van der Waals surface area contributed by atoms with Crippen LogP contribution in [0.25, 0.3) is 0 Å². The number of hydrogen-bond acceptors (Lipinski definition) is 5. The van der Waals surface area contributed by atoms with E-state index in [1.807, 2.05) is 36.4 Å². The van der Waals surface area contributed by atoms with E-state index in [4.69, 9.17) is 0 Å². The van der Waals surface area contributed by atoms with Crippen LogP contribution in [0.15, 0.2) is 65.0 Å².